The molecular weight excluding hydrogens is 214 g/mol. The summed E-state index contributed by atoms with van der Waals surface area (Å²) >= 11 is 1.47. The molecule has 0 aliphatic rings. The molecule has 2 N–H and O–H groups in total. The predicted octanol–water partition coefficient (Wildman–Crippen LogP) is 1.62. The van der Waals surface area contributed by atoms with Gasteiger partial charge >= 0.3 is 5.97 Å². The molecule has 0 aliphatic heterocycles. The molecule has 15 heavy (non-hydrogen) atoms. The highest BCUT2D eigenvalue weighted by Crippen LogP contribution is 1.98. The Balaban J connectivity index is 3.27. The summed E-state index contributed by atoms with van der Waals surface area (Å²) in [5.74, 6) is -0.857. The van der Waals surface area contributed by atoms with E-state index in [2.05, 4.69) is 5.32 Å². The van der Waals surface area contributed by atoms with E-state index >= 15 is 0 Å². The van der Waals surface area contributed by atoms with Gasteiger partial charge in [-0.25, -0.2) is 0 Å². The number of unbranched alkanes of at least 4 members (excludes halogenated alkanes) is 2. The predicted molar refractivity (Wildman–Crippen MR) is 61.8 cm³/mol. The van der Waals surface area contributed by atoms with Crippen LogP contribution < -0.4 is 5.32 Å². The molecule has 0 saturated heterocycles. The molecule has 1 amide bonds. The summed E-state index contributed by atoms with van der Waals surface area (Å²) in [6.07, 6.45) is 5.91. The van der Waals surface area contributed by atoms with Crippen LogP contribution in [0.5, 0.6) is 0 Å². The number of carbonyl (C=O) groups is 2. The van der Waals surface area contributed by atoms with E-state index < -0.39 is 5.97 Å². The van der Waals surface area contributed by atoms with Gasteiger partial charge < -0.3 is 10.4 Å². The second-order valence-corrected chi connectivity index (χ2v) is 3.78. The Morgan fingerprint density at radius 1 is 1.33 bits per heavy atom. The van der Waals surface area contributed by atoms with Crippen LogP contribution in [-0.4, -0.2) is 29.8 Å². The molecular formula is C10H17NO3S. The minimum Gasteiger partial charge on any atom is -0.481 e. The van der Waals surface area contributed by atoms with Gasteiger partial charge in [-0.05, 0) is 24.5 Å². The SMILES string of the molecule is CS/C=C/C(=O)NCCCCCC(=O)O. The van der Waals surface area contributed by atoms with E-state index in [0.29, 0.717) is 13.0 Å². The normalized spacial score (nSPS) is 10.5. The van der Waals surface area contributed by atoms with Crippen molar-refractivity contribution in [3.63, 3.8) is 0 Å². The van der Waals surface area contributed by atoms with Crippen LogP contribution in [0, 0.1) is 0 Å². The van der Waals surface area contributed by atoms with Gasteiger partial charge in [-0.3, -0.25) is 9.59 Å². The number of thioether (sulfide) groups is 1. The fraction of sp³-hybridized carbons (Fsp3) is 0.600. The van der Waals surface area contributed by atoms with Crippen LogP contribution in [0.15, 0.2) is 11.5 Å². The van der Waals surface area contributed by atoms with Crippen molar-refractivity contribution in [1.82, 2.24) is 5.32 Å². The van der Waals surface area contributed by atoms with Crippen molar-refractivity contribution in [1.29, 1.82) is 0 Å². The topological polar surface area (TPSA) is 66.4 Å². The fourth-order valence-corrected chi connectivity index (χ4v) is 1.24. The Morgan fingerprint density at radius 3 is 2.67 bits per heavy atom. The van der Waals surface area contributed by atoms with Gasteiger partial charge in [0.1, 0.15) is 0 Å². The van der Waals surface area contributed by atoms with Gasteiger partial charge in [0.15, 0.2) is 0 Å². The second kappa shape index (κ2) is 9.58. The second-order valence-electron chi connectivity index (χ2n) is 3.03. The molecule has 0 aromatic heterocycles. The lowest BCUT2D eigenvalue weighted by Gasteiger charge is -2.01. The summed E-state index contributed by atoms with van der Waals surface area (Å²) in [5.41, 5.74) is 0. The largest absolute Gasteiger partial charge is 0.481 e. The molecule has 0 aromatic carbocycles. The lowest BCUT2D eigenvalue weighted by Crippen LogP contribution is -2.21. The van der Waals surface area contributed by atoms with Gasteiger partial charge in [0, 0.05) is 19.0 Å². The van der Waals surface area contributed by atoms with Gasteiger partial charge in [-0.1, -0.05) is 6.42 Å². The van der Waals surface area contributed by atoms with Gasteiger partial charge in [-0.2, -0.15) is 0 Å². The zero-order chi connectivity index (χ0) is 11.5. The number of aliphatic carboxylic acids is 1. The Bertz CT molecular complexity index is 229. The molecule has 0 atom stereocenters. The van der Waals surface area contributed by atoms with Crippen LogP contribution in [0.4, 0.5) is 0 Å². The average molecular weight is 231 g/mol. The molecule has 5 heteroatoms. The first-order valence-corrected chi connectivity index (χ1v) is 6.14. The monoisotopic (exact) mass is 231 g/mol. The van der Waals surface area contributed by atoms with E-state index in [4.69, 9.17) is 5.11 Å². The third-order valence-electron chi connectivity index (χ3n) is 1.72. The van der Waals surface area contributed by atoms with Crippen LogP contribution >= 0.6 is 11.8 Å². The highest BCUT2D eigenvalue weighted by molar-refractivity contribution is 8.01. The molecule has 4 nitrogen and oxygen atoms in total. The third kappa shape index (κ3) is 11.0. The Hall–Kier alpha value is -0.970. The lowest BCUT2D eigenvalue weighted by molar-refractivity contribution is -0.137. The molecule has 0 bridgehead atoms. The Kier molecular flexibility index (Phi) is 8.96. The maximum absolute atomic E-state index is 11.0. The summed E-state index contributed by atoms with van der Waals surface area (Å²) in [6.45, 7) is 0.608. The van der Waals surface area contributed by atoms with E-state index in [1.165, 1.54) is 17.8 Å². The number of carboxylic acids is 1. The zero-order valence-corrected chi connectivity index (χ0v) is 9.68. The molecule has 0 aromatic rings. The van der Waals surface area contributed by atoms with Gasteiger partial charge in [0.25, 0.3) is 0 Å². The summed E-state index contributed by atoms with van der Waals surface area (Å²) in [5, 5.41) is 12.8. The van der Waals surface area contributed by atoms with E-state index in [0.717, 1.165) is 12.8 Å². The fourth-order valence-electron chi connectivity index (χ4n) is 0.978. The van der Waals surface area contributed by atoms with E-state index in [1.807, 2.05) is 6.26 Å². The maximum Gasteiger partial charge on any atom is 0.303 e. The number of carboxylic acid groups (broad SMARTS) is 1. The first-order valence-electron chi connectivity index (χ1n) is 4.85. The van der Waals surface area contributed by atoms with Crippen molar-refractivity contribution >= 4 is 23.6 Å². The number of hydrogen-bond acceptors (Lipinski definition) is 3. The van der Waals surface area contributed by atoms with Crippen LogP contribution in [0.25, 0.3) is 0 Å². The molecule has 86 valence electrons. The molecule has 0 radical (unpaired) electrons. The zero-order valence-electron chi connectivity index (χ0n) is 8.86. The average Bonchev–Trinajstić information content (AvgIpc) is 2.19. The van der Waals surface area contributed by atoms with E-state index in [9.17, 15) is 9.59 Å². The van der Waals surface area contributed by atoms with E-state index in [1.54, 1.807) is 5.41 Å². The first kappa shape index (κ1) is 14.0. The van der Waals surface area contributed by atoms with Crippen molar-refractivity contribution in [2.45, 2.75) is 25.7 Å². The van der Waals surface area contributed by atoms with Gasteiger partial charge in [0.2, 0.25) is 5.91 Å². The number of amides is 1. The van der Waals surface area contributed by atoms with Crippen LogP contribution in [0.3, 0.4) is 0 Å². The molecule has 0 heterocycles. The van der Waals surface area contributed by atoms with Crippen LogP contribution in [0.2, 0.25) is 0 Å². The Labute approximate surface area is 94.1 Å². The van der Waals surface area contributed by atoms with Crippen molar-refractivity contribution in [2.24, 2.45) is 0 Å². The maximum atomic E-state index is 11.0. The molecule has 0 spiro atoms. The van der Waals surface area contributed by atoms with E-state index in [-0.39, 0.29) is 12.3 Å². The Morgan fingerprint density at radius 2 is 2.07 bits per heavy atom. The minimum atomic E-state index is -0.762. The highest BCUT2D eigenvalue weighted by atomic mass is 32.2. The summed E-state index contributed by atoms with van der Waals surface area (Å²) in [6, 6.07) is 0. The summed E-state index contributed by atoms with van der Waals surface area (Å²) in [7, 11) is 0. The first-order chi connectivity index (χ1) is 7.16. The molecule has 0 fully saturated rings. The minimum absolute atomic E-state index is 0.0948. The van der Waals surface area contributed by atoms with Crippen molar-refractivity contribution < 1.29 is 14.7 Å². The number of nitrogens with one attached hydrogen (secondary N) is 1. The third-order valence-corrected chi connectivity index (χ3v) is 2.13. The van der Waals surface area contributed by atoms with Crippen LogP contribution in [0.1, 0.15) is 25.7 Å². The number of carbonyl (C=O) groups excluding carboxylic acids is 1. The van der Waals surface area contributed by atoms with Gasteiger partial charge in [0.05, 0.1) is 0 Å². The number of rotatable bonds is 8. The van der Waals surface area contributed by atoms with Crippen LogP contribution in [-0.2, 0) is 9.59 Å². The summed E-state index contributed by atoms with van der Waals surface area (Å²) < 4.78 is 0. The molecule has 0 unspecified atom stereocenters. The molecule has 0 rings (SSSR count). The van der Waals surface area contributed by atoms with Crippen molar-refractivity contribution in [2.75, 3.05) is 12.8 Å². The molecule has 0 saturated carbocycles. The quantitative estimate of drug-likeness (QED) is 0.492. The summed E-state index contributed by atoms with van der Waals surface area (Å²) in [4.78, 5) is 21.2. The smallest absolute Gasteiger partial charge is 0.303 e. The molecule has 0 aliphatic carbocycles. The van der Waals surface area contributed by atoms with Crippen molar-refractivity contribution in [3.8, 4) is 0 Å². The standard InChI is InChI=1S/C10H17NO3S/c1-15-8-6-9(12)11-7-4-2-3-5-10(13)14/h6,8H,2-5,7H2,1H3,(H,11,12)(H,13,14)/b8-6+. The number of hydrogen-bond donors (Lipinski definition) is 2. The highest BCUT2D eigenvalue weighted by Gasteiger charge is 1.97. The van der Waals surface area contributed by atoms with Gasteiger partial charge in [-0.15, -0.1) is 11.8 Å². The lowest BCUT2D eigenvalue weighted by atomic mass is 10.2. The van der Waals surface area contributed by atoms with Crippen molar-refractivity contribution in [3.05, 3.63) is 11.5 Å².